The van der Waals surface area contributed by atoms with Gasteiger partial charge in [0.2, 0.25) is 0 Å². The molecule has 1 fully saturated rings. The van der Waals surface area contributed by atoms with Gasteiger partial charge in [0.25, 0.3) is 5.91 Å². The fraction of sp³-hybridized carbons (Fsp3) is 0.364. The van der Waals surface area contributed by atoms with Crippen LogP contribution in [-0.4, -0.2) is 40.9 Å². The number of carbonyl (C=O) groups excluding carboxylic acids is 1. The molecule has 0 radical (unpaired) electrons. The van der Waals surface area contributed by atoms with Crippen molar-refractivity contribution >= 4 is 22.6 Å². The van der Waals surface area contributed by atoms with Crippen molar-refractivity contribution in [3.63, 3.8) is 0 Å². The van der Waals surface area contributed by atoms with Crippen LogP contribution < -0.4 is 11.1 Å². The molecule has 3 heterocycles. The van der Waals surface area contributed by atoms with Gasteiger partial charge in [-0.1, -0.05) is 12.1 Å². The van der Waals surface area contributed by atoms with E-state index in [-0.39, 0.29) is 5.91 Å². The quantitative estimate of drug-likeness (QED) is 0.614. The molecule has 1 aliphatic heterocycles. The monoisotopic (exact) mass is 377 g/mol. The number of amides is 1. The highest BCUT2D eigenvalue weighted by atomic mass is 16.1. The van der Waals surface area contributed by atoms with Crippen LogP contribution >= 0.6 is 0 Å². The van der Waals surface area contributed by atoms with Gasteiger partial charge in [-0.3, -0.25) is 9.69 Å². The second kappa shape index (κ2) is 8.12. The van der Waals surface area contributed by atoms with Crippen LogP contribution in [0.2, 0.25) is 0 Å². The van der Waals surface area contributed by atoms with E-state index in [1.54, 1.807) is 0 Å². The normalized spacial score (nSPS) is 17.3. The Morgan fingerprint density at radius 2 is 2.14 bits per heavy atom. The van der Waals surface area contributed by atoms with Gasteiger partial charge in [0, 0.05) is 34.9 Å². The highest BCUT2D eigenvalue weighted by Crippen LogP contribution is 2.32. The molecule has 2 aromatic heterocycles. The molecule has 146 valence electrons. The predicted molar refractivity (Wildman–Crippen MR) is 112 cm³/mol. The molecule has 1 atom stereocenters. The Labute approximate surface area is 165 Å². The van der Waals surface area contributed by atoms with Crippen LogP contribution in [0.4, 0.5) is 5.82 Å². The molecule has 0 spiro atoms. The molecule has 1 aliphatic rings. The van der Waals surface area contributed by atoms with Crippen LogP contribution in [0.5, 0.6) is 0 Å². The number of fused-ring (bicyclic) bond motifs is 1. The van der Waals surface area contributed by atoms with Crippen LogP contribution in [0.15, 0.2) is 42.6 Å². The number of H-pyrrole nitrogens is 1. The summed E-state index contributed by atoms with van der Waals surface area (Å²) in [5.41, 5.74) is 9.58. The lowest BCUT2D eigenvalue weighted by molar-refractivity contribution is 0.102. The van der Waals surface area contributed by atoms with Gasteiger partial charge in [0.15, 0.2) is 0 Å². The molecule has 1 amide bonds. The highest BCUT2D eigenvalue weighted by Gasteiger charge is 2.24. The average molecular weight is 377 g/mol. The molecular weight excluding hydrogens is 350 g/mol. The number of nitrogens with one attached hydrogen (secondary N) is 2. The lowest BCUT2D eigenvalue weighted by Gasteiger charge is -2.17. The van der Waals surface area contributed by atoms with Crippen molar-refractivity contribution in [2.75, 3.05) is 25.5 Å². The third kappa shape index (κ3) is 3.93. The number of nitrogens with zero attached hydrogens (tertiary/aromatic N) is 2. The molecule has 28 heavy (non-hydrogen) atoms. The second-order valence-electron chi connectivity index (χ2n) is 7.56. The topological polar surface area (TPSA) is 87.0 Å². The number of hydrogen-bond donors (Lipinski definition) is 3. The zero-order valence-electron chi connectivity index (χ0n) is 16.2. The molecule has 1 aromatic carbocycles. The number of likely N-dealkylation sites (tertiary alicyclic amines) is 1. The van der Waals surface area contributed by atoms with Crippen LogP contribution in [-0.2, 0) is 6.42 Å². The highest BCUT2D eigenvalue weighted by molar-refractivity contribution is 6.04. The number of aromatic amines is 1. The smallest absolute Gasteiger partial charge is 0.256 e. The zero-order valence-corrected chi connectivity index (χ0v) is 16.2. The third-order valence-corrected chi connectivity index (χ3v) is 5.53. The van der Waals surface area contributed by atoms with E-state index in [0.717, 1.165) is 30.3 Å². The minimum Gasteiger partial charge on any atom is -0.357 e. The number of rotatable bonds is 6. The van der Waals surface area contributed by atoms with Crippen molar-refractivity contribution in [1.29, 1.82) is 0 Å². The number of carbonyl (C=O) groups is 1. The fourth-order valence-electron chi connectivity index (χ4n) is 3.92. The lowest BCUT2D eigenvalue weighted by Crippen LogP contribution is -2.17. The van der Waals surface area contributed by atoms with Crippen molar-refractivity contribution in [3.05, 3.63) is 59.4 Å². The molecule has 6 nitrogen and oxygen atoms in total. The van der Waals surface area contributed by atoms with Crippen molar-refractivity contribution in [2.45, 2.75) is 31.7 Å². The number of aromatic nitrogens is 2. The Kier molecular flexibility index (Phi) is 5.41. The van der Waals surface area contributed by atoms with E-state index < -0.39 is 0 Å². The van der Waals surface area contributed by atoms with Gasteiger partial charge in [0.05, 0.1) is 5.52 Å². The fourth-order valence-corrected chi connectivity index (χ4v) is 3.92. The van der Waals surface area contributed by atoms with Gasteiger partial charge in [-0.05, 0) is 69.6 Å². The number of pyridine rings is 1. The minimum absolute atomic E-state index is 0.153. The maximum Gasteiger partial charge on any atom is 0.256 e. The number of anilines is 1. The first kappa shape index (κ1) is 18.7. The van der Waals surface area contributed by atoms with Gasteiger partial charge >= 0.3 is 0 Å². The second-order valence-corrected chi connectivity index (χ2v) is 7.56. The Morgan fingerprint density at radius 3 is 2.86 bits per heavy atom. The summed E-state index contributed by atoms with van der Waals surface area (Å²) in [5.74, 6) is 0.400. The van der Waals surface area contributed by atoms with Gasteiger partial charge in [-0.25, -0.2) is 4.98 Å². The van der Waals surface area contributed by atoms with Crippen molar-refractivity contribution < 1.29 is 4.79 Å². The molecule has 0 unspecified atom stereocenters. The van der Waals surface area contributed by atoms with E-state index in [9.17, 15) is 4.79 Å². The molecule has 0 bridgehead atoms. The van der Waals surface area contributed by atoms with Crippen molar-refractivity contribution in [1.82, 2.24) is 14.9 Å². The number of nitrogens with two attached hydrogens (primary N) is 1. The van der Waals surface area contributed by atoms with E-state index >= 15 is 0 Å². The van der Waals surface area contributed by atoms with Crippen LogP contribution in [0.25, 0.3) is 10.9 Å². The van der Waals surface area contributed by atoms with Crippen LogP contribution in [0.3, 0.4) is 0 Å². The summed E-state index contributed by atoms with van der Waals surface area (Å²) in [6.07, 6.45) is 6.09. The summed E-state index contributed by atoms with van der Waals surface area (Å²) in [7, 11) is 2.16. The Bertz CT molecular complexity index is 963. The number of hydrogen-bond acceptors (Lipinski definition) is 4. The van der Waals surface area contributed by atoms with Crippen molar-refractivity contribution in [2.24, 2.45) is 5.73 Å². The summed E-state index contributed by atoms with van der Waals surface area (Å²) in [6.45, 7) is 1.80. The van der Waals surface area contributed by atoms with Crippen LogP contribution in [0, 0.1) is 0 Å². The first-order valence-electron chi connectivity index (χ1n) is 9.93. The van der Waals surface area contributed by atoms with E-state index in [4.69, 9.17) is 5.73 Å². The van der Waals surface area contributed by atoms with E-state index in [2.05, 4.69) is 33.3 Å². The van der Waals surface area contributed by atoms with E-state index in [0.29, 0.717) is 24.0 Å². The Hall–Kier alpha value is -2.70. The average Bonchev–Trinajstić information content (AvgIpc) is 3.32. The van der Waals surface area contributed by atoms with Gasteiger partial charge in [-0.2, -0.15) is 0 Å². The van der Waals surface area contributed by atoms with Gasteiger partial charge < -0.3 is 16.0 Å². The molecule has 6 heteroatoms. The summed E-state index contributed by atoms with van der Waals surface area (Å²) >= 11 is 0. The first-order chi connectivity index (χ1) is 13.6. The summed E-state index contributed by atoms with van der Waals surface area (Å²) in [6, 6.07) is 12.2. The Morgan fingerprint density at radius 1 is 1.32 bits per heavy atom. The molecule has 0 saturated carbocycles. The van der Waals surface area contributed by atoms with E-state index in [1.165, 1.54) is 24.1 Å². The standard InChI is InChI=1S/C22H27N5O/c1-27-11-3-5-20(27)19-12-17-14-24-21(13-18(17)25-19)26-22(28)16-8-6-15(7-9-16)4-2-10-23/h6-9,12-14,20,25H,2-5,10-11,23H2,1H3,(H,24,26,28)/t20-/m1/s1. The molecular formula is C22H27N5O. The SMILES string of the molecule is CN1CCC[C@@H]1c1cc2cnc(NC(=O)c3ccc(CCCN)cc3)cc2[nH]1. The molecule has 4 N–H and O–H groups in total. The van der Waals surface area contributed by atoms with E-state index in [1.807, 2.05) is 36.5 Å². The molecule has 3 aromatic rings. The van der Waals surface area contributed by atoms with Gasteiger partial charge in [0.1, 0.15) is 5.82 Å². The van der Waals surface area contributed by atoms with Crippen molar-refractivity contribution in [3.8, 4) is 0 Å². The minimum atomic E-state index is -0.153. The summed E-state index contributed by atoms with van der Waals surface area (Å²) < 4.78 is 0. The van der Waals surface area contributed by atoms with Crippen LogP contribution in [0.1, 0.15) is 46.9 Å². The lowest BCUT2D eigenvalue weighted by atomic mass is 10.1. The predicted octanol–water partition coefficient (Wildman–Crippen LogP) is 3.47. The molecule has 1 saturated heterocycles. The maximum absolute atomic E-state index is 12.5. The number of benzene rings is 1. The number of aryl methyl sites for hydroxylation is 1. The maximum atomic E-state index is 12.5. The third-order valence-electron chi connectivity index (χ3n) is 5.53. The molecule has 0 aliphatic carbocycles. The Balaban J connectivity index is 1.47. The van der Waals surface area contributed by atoms with Gasteiger partial charge in [-0.15, -0.1) is 0 Å². The first-order valence-corrected chi connectivity index (χ1v) is 9.93. The molecule has 4 rings (SSSR count). The summed E-state index contributed by atoms with van der Waals surface area (Å²) in [5, 5.41) is 3.97. The zero-order chi connectivity index (χ0) is 19.5. The summed E-state index contributed by atoms with van der Waals surface area (Å²) in [4.78, 5) is 22.8. The largest absolute Gasteiger partial charge is 0.357 e.